The number of oxime groups is 1. The van der Waals surface area contributed by atoms with Gasteiger partial charge >= 0.3 is 5.97 Å². The molecule has 0 saturated carbocycles. The van der Waals surface area contributed by atoms with Gasteiger partial charge in [-0.2, -0.15) is 0 Å². The van der Waals surface area contributed by atoms with Gasteiger partial charge in [0.2, 0.25) is 0 Å². The SMILES string of the molecule is C[C@@H](C(=O)O/N=C(/N)c1ccncc1)c1ccc([N+](=O)[O-])cc1. The number of nitrogens with zero attached hydrogens (tertiary/aromatic N) is 3. The monoisotopic (exact) mass is 314 g/mol. The van der Waals surface area contributed by atoms with E-state index >= 15 is 0 Å². The molecule has 0 unspecified atom stereocenters. The molecule has 0 bridgehead atoms. The van der Waals surface area contributed by atoms with E-state index in [0.29, 0.717) is 11.1 Å². The van der Waals surface area contributed by atoms with Crippen molar-refractivity contribution >= 4 is 17.5 Å². The van der Waals surface area contributed by atoms with Crippen LogP contribution in [-0.2, 0) is 9.63 Å². The molecule has 118 valence electrons. The van der Waals surface area contributed by atoms with Crippen molar-refractivity contribution < 1.29 is 14.6 Å². The fraction of sp³-hybridized carbons (Fsp3) is 0.133. The minimum Gasteiger partial charge on any atom is -0.380 e. The van der Waals surface area contributed by atoms with Gasteiger partial charge in [-0.05, 0) is 24.6 Å². The first kappa shape index (κ1) is 16.1. The highest BCUT2D eigenvalue weighted by atomic mass is 16.7. The smallest absolute Gasteiger partial charge is 0.342 e. The topological polar surface area (TPSA) is 121 Å². The summed E-state index contributed by atoms with van der Waals surface area (Å²) >= 11 is 0. The van der Waals surface area contributed by atoms with Crippen LogP contribution in [0.5, 0.6) is 0 Å². The summed E-state index contributed by atoms with van der Waals surface area (Å²) in [5.41, 5.74) is 6.82. The molecular formula is C15H14N4O4. The van der Waals surface area contributed by atoms with E-state index in [1.54, 1.807) is 31.5 Å². The maximum atomic E-state index is 12.0. The lowest BCUT2D eigenvalue weighted by Crippen LogP contribution is -2.17. The Balaban J connectivity index is 2.04. The number of carbonyl (C=O) groups is 1. The highest BCUT2D eigenvalue weighted by Gasteiger charge is 2.18. The molecule has 0 spiro atoms. The first-order chi connectivity index (χ1) is 11.0. The van der Waals surface area contributed by atoms with E-state index in [4.69, 9.17) is 10.6 Å². The van der Waals surface area contributed by atoms with Crippen LogP contribution >= 0.6 is 0 Å². The van der Waals surface area contributed by atoms with E-state index in [9.17, 15) is 14.9 Å². The Bertz CT molecular complexity index is 729. The molecule has 2 N–H and O–H groups in total. The summed E-state index contributed by atoms with van der Waals surface area (Å²) < 4.78 is 0. The molecule has 0 aliphatic heterocycles. The van der Waals surface area contributed by atoms with Crippen molar-refractivity contribution in [2.75, 3.05) is 0 Å². The van der Waals surface area contributed by atoms with Crippen LogP contribution < -0.4 is 5.73 Å². The van der Waals surface area contributed by atoms with Crippen molar-refractivity contribution in [2.24, 2.45) is 10.9 Å². The molecule has 1 atom stereocenters. The van der Waals surface area contributed by atoms with Crippen LogP contribution in [0.15, 0.2) is 53.9 Å². The highest BCUT2D eigenvalue weighted by Crippen LogP contribution is 2.20. The number of pyridine rings is 1. The number of benzene rings is 1. The fourth-order valence-electron chi connectivity index (χ4n) is 1.77. The van der Waals surface area contributed by atoms with Crippen LogP contribution in [0.1, 0.15) is 24.0 Å². The van der Waals surface area contributed by atoms with Gasteiger partial charge in [0.05, 0.1) is 10.8 Å². The minimum absolute atomic E-state index is 0.0470. The fourth-order valence-corrected chi connectivity index (χ4v) is 1.77. The predicted molar refractivity (Wildman–Crippen MR) is 82.6 cm³/mol. The summed E-state index contributed by atoms with van der Waals surface area (Å²) in [6.07, 6.45) is 3.08. The Morgan fingerprint density at radius 2 is 1.87 bits per heavy atom. The van der Waals surface area contributed by atoms with E-state index in [0.717, 1.165) is 0 Å². The van der Waals surface area contributed by atoms with Crippen LogP contribution in [0.2, 0.25) is 0 Å². The van der Waals surface area contributed by atoms with Crippen molar-refractivity contribution in [3.63, 3.8) is 0 Å². The summed E-state index contributed by atoms with van der Waals surface area (Å²) in [5, 5.41) is 14.2. The normalized spacial score (nSPS) is 12.5. The zero-order valence-corrected chi connectivity index (χ0v) is 12.2. The van der Waals surface area contributed by atoms with Crippen LogP contribution in [0.3, 0.4) is 0 Å². The van der Waals surface area contributed by atoms with Crippen LogP contribution in [0.4, 0.5) is 5.69 Å². The Morgan fingerprint density at radius 3 is 2.43 bits per heavy atom. The molecule has 1 aromatic heterocycles. The second-order valence-electron chi connectivity index (χ2n) is 4.69. The van der Waals surface area contributed by atoms with Gasteiger partial charge in [0.1, 0.15) is 0 Å². The van der Waals surface area contributed by atoms with Gasteiger partial charge in [0.15, 0.2) is 5.84 Å². The number of carbonyl (C=O) groups excluding carboxylic acids is 1. The lowest BCUT2D eigenvalue weighted by molar-refractivity contribution is -0.384. The molecule has 8 nitrogen and oxygen atoms in total. The lowest BCUT2D eigenvalue weighted by atomic mass is 10.0. The number of non-ortho nitro benzene ring substituents is 1. The lowest BCUT2D eigenvalue weighted by Gasteiger charge is -2.08. The first-order valence-corrected chi connectivity index (χ1v) is 6.68. The number of hydrogen-bond acceptors (Lipinski definition) is 6. The van der Waals surface area contributed by atoms with Gasteiger partial charge in [-0.1, -0.05) is 17.3 Å². The number of nitro benzene ring substituents is 1. The van der Waals surface area contributed by atoms with Gasteiger partial charge < -0.3 is 10.6 Å². The zero-order chi connectivity index (χ0) is 16.8. The third kappa shape index (κ3) is 4.10. The second-order valence-corrected chi connectivity index (χ2v) is 4.69. The minimum atomic E-state index is -0.634. The molecule has 0 fully saturated rings. The molecule has 0 amide bonds. The van der Waals surface area contributed by atoms with Gasteiger partial charge in [-0.25, -0.2) is 4.79 Å². The number of amidine groups is 1. The summed E-state index contributed by atoms with van der Waals surface area (Å²) in [5.74, 6) is -1.20. The van der Waals surface area contributed by atoms with Crippen molar-refractivity contribution in [2.45, 2.75) is 12.8 Å². The van der Waals surface area contributed by atoms with Gasteiger partial charge in [-0.3, -0.25) is 15.1 Å². The van der Waals surface area contributed by atoms with Crippen molar-refractivity contribution in [1.82, 2.24) is 4.98 Å². The average Bonchev–Trinajstić information content (AvgIpc) is 2.59. The Hall–Kier alpha value is -3.29. The summed E-state index contributed by atoms with van der Waals surface area (Å²) in [6.45, 7) is 1.61. The third-order valence-electron chi connectivity index (χ3n) is 3.17. The van der Waals surface area contributed by atoms with E-state index < -0.39 is 16.8 Å². The highest BCUT2D eigenvalue weighted by molar-refractivity contribution is 5.97. The van der Waals surface area contributed by atoms with E-state index in [2.05, 4.69) is 10.1 Å². The number of rotatable bonds is 5. The number of nitrogens with two attached hydrogens (primary N) is 1. The van der Waals surface area contributed by atoms with Crippen molar-refractivity contribution in [3.05, 3.63) is 70.0 Å². The molecule has 1 aromatic carbocycles. The number of hydrogen-bond donors (Lipinski definition) is 1. The molecule has 23 heavy (non-hydrogen) atoms. The molecular weight excluding hydrogens is 300 g/mol. The maximum absolute atomic E-state index is 12.0. The predicted octanol–water partition coefficient (Wildman–Crippen LogP) is 1.96. The molecule has 2 rings (SSSR count). The number of aromatic nitrogens is 1. The van der Waals surface area contributed by atoms with E-state index in [1.165, 1.54) is 24.3 Å². The maximum Gasteiger partial charge on any atom is 0.342 e. The zero-order valence-electron chi connectivity index (χ0n) is 12.2. The molecule has 1 heterocycles. The Labute approximate surface area is 131 Å². The summed E-state index contributed by atoms with van der Waals surface area (Å²) in [7, 11) is 0. The number of nitro groups is 1. The summed E-state index contributed by atoms with van der Waals surface area (Å²) in [6, 6.07) is 8.92. The van der Waals surface area contributed by atoms with Crippen molar-refractivity contribution in [3.8, 4) is 0 Å². The Morgan fingerprint density at radius 1 is 1.26 bits per heavy atom. The molecule has 0 radical (unpaired) electrons. The standard InChI is InChI=1S/C15H14N4O4/c1-10(11-2-4-13(5-3-11)19(21)22)15(20)23-18-14(16)12-6-8-17-9-7-12/h2-10H,1H3,(H2,16,18)/t10-/m1/s1. The average molecular weight is 314 g/mol. The first-order valence-electron chi connectivity index (χ1n) is 6.68. The largest absolute Gasteiger partial charge is 0.380 e. The second kappa shape index (κ2) is 7.12. The molecule has 0 aliphatic rings. The van der Waals surface area contributed by atoms with Gasteiger partial charge in [0, 0.05) is 30.1 Å². The molecule has 2 aromatic rings. The van der Waals surface area contributed by atoms with Crippen LogP contribution in [0, 0.1) is 10.1 Å². The molecule has 0 aliphatic carbocycles. The summed E-state index contributed by atoms with van der Waals surface area (Å²) in [4.78, 5) is 30.7. The molecule has 8 heteroatoms. The van der Waals surface area contributed by atoms with Crippen LogP contribution in [0.25, 0.3) is 0 Å². The van der Waals surface area contributed by atoms with Crippen molar-refractivity contribution in [1.29, 1.82) is 0 Å². The van der Waals surface area contributed by atoms with Crippen LogP contribution in [-0.4, -0.2) is 21.7 Å². The molecule has 0 saturated heterocycles. The van der Waals surface area contributed by atoms with E-state index in [1.807, 2.05) is 0 Å². The quantitative estimate of drug-likeness (QED) is 0.296. The Kier molecular flexibility index (Phi) is 4.98. The van der Waals surface area contributed by atoms with Gasteiger partial charge in [0.25, 0.3) is 5.69 Å². The third-order valence-corrected chi connectivity index (χ3v) is 3.17. The van der Waals surface area contributed by atoms with E-state index in [-0.39, 0.29) is 11.5 Å². The van der Waals surface area contributed by atoms with Gasteiger partial charge in [-0.15, -0.1) is 0 Å².